The van der Waals surface area contributed by atoms with E-state index in [9.17, 15) is 11.0 Å². The molecule has 9 aromatic rings. The summed E-state index contributed by atoms with van der Waals surface area (Å²) < 4.78 is 117. The minimum Gasteiger partial charge on any atom is -0.310 e. The monoisotopic (exact) mass is 610 g/mol. The van der Waals surface area contributed by atoms with E-state index in [4.69, 9.17) is 6.85 Å². The molecule has 0 fully saturated rings. The Balaban J connectivity index is 1.38. The molecule has 0 aromatic heterocycles. The molecular formula is C46H31N. The summed E-state index contributed by atoms with van der Waals surface area (Å²) in [5.41, 5.74) is -1.08. The van der Waals surface area contributed by atoms with Crippen LogP contribution >= 0.6 is 0 Å². The van der Waals surface area contributed by atoms with Gasteiger partial charge in [0, 0.05) is 16.8 Å². The Labute approximate surface area is 292 Å². The maximum absolute atomic E-state index is 9.61. The number of fused-ring (bicyclic) bond motifs is 6. The minimum atomic E-state index is -0.727. The summed E-state index contributed by atoms with van der Waals surface area (Å²) in [6, 6.07) is 25.6. The topological polar surface area (TPSA) is 3.24 Å². The fourth-order valence-corrected chi connectivity index (χ4v) is 6.21. The van der Waals surface area contributed by atoms with E-state index in [-0.39, 0.29) is 16.9 Å². The average Bonchev–Trinajstić information content (AvgIpc) is 3.26. The standard InChI is InChI=1S/C46H31N/c1-2-10-32(11-3-1)33-22-26-39(27-23-33)47(46-31-38-13-5-7-15-42(38)43-16-8-9-17-44(43)46)40-28-24-34(25-29-40)37-21-20-36-19-18-35-12-4-6-14-41(35)45(36)30-37/h1-31H/i1D,2D,3D,10D,11D,22D,23D,24D,25D,26D,27D,28D,29D. The number of hydrogen-bond donors (Lipinski definition) is 0. The lowest BCUT2D eigenvalue weighted by Crippen LogP contribution is -2.10. The van der Waals surface area contributed by atoms with E-state index in [2.05, 4.69) is 0 Å². The van der Waals surface area contributed by atoms with Crippen molar-refractivity contribution in [2.45, 2.75) is 0 Å². The lowest BCUT2D eigenvalue weighted by molar-refractivity contribution is 1.30. The van der Waals surface area contributed by atoms with E-state index in [1.165, 1.54) is 4.90 Å². The first-order chi connectivity index (χ1) is 28.7. The third kappa shape index (κ3) is 4.81. The summed E-state index contributed by atoms with van der Waals surface area (Å²) in [7, 11) is 0. The summed E-state index contributed by atoms with van der Waals surface area (Å²) in [6.45, 7) is 0. The number of rotatable bonds is 5. The van der Waals surface area contributed by atoms with Crippen molar-refractivity contribution in [1.82, 2.24) is 0 Å². The zero-order valence-electron chi connectivity index (χ0n) is 37.8. The number of benzene rings is 9. The van der Waals surface area contributed by atoms with Gasteiger partial charge in [0.1, 0.15) is 0 Å². The highest BCUT2D eigenvalue weighted by Gasteiger charge is 2.18. The molecule has 1 nitrogen and oxygen atoms in total. The summed E-state index contributed by atoms with van der Waals surface area (Å²) in [5.74, 6) is 0. The number of anilines is 3. The molecule has 0 amide bonds. The molecule has 0 aliphatic carbocycles. The van der Waals surface area contributed by atoms with Crippen LogP contribution in [0.15, 0.2) is 188 Å². The molecule has 0 bridgehead atoms. The molecule has 0 heterocycles. The molecule has 220 valence electrons. The third-order valence-corrected chi connectivity index (χ3v) is 8.44. The van der Waals surface area contributed by atoms with Crippen molar-refractivity contribution in [2.24, 2.45) is 0 Å². The van der Waals surface area contributed by atoms with Crippen LogP contribution in [0.25, 0.3) is 65.3 Å². The predicted molar refractivity (Wildman–Crippen MR) is 202 cm³/mol. The average molecular weight is 611 g/mol. The molecule has 0 aliphatic heterocycles. The molecule has 1 heteroatoms. The van der Waals surface area contributed by atoms with Gasteiger partial charge in [-0.15, -0.1) is 0 Å². The van der Waals surface area contributed by atoms with Crippen molar-refractivity contribution >= 4 is 60.2 Å². The van der Waals surface area contributed by atoms with E-state index in [0.29, 0.717) is 16.3 Å². The minimum absolute atomic E-state index is 0.0305. The molecule has 0 N–H and O–H groups in total. The van der Waals surface area contributed by atoms with Crippen LogP contribution in [0, 0.1) is 0 Å². The summed E-state index contributed by atoms with van der Waals surface area (Å²) in [5, 5.41) is 6.57. The summed E-state index contributed by atoms with van der Waals surface area (Å²) in [6.07, 6.45) is 0. The second kappa shape index (κ2) is 11.3. The third-order valence-electron chi connectivity index (χ3n) is 8.44. The maximum atomic E-state index is 9.61. The Morgan fingerprint density at radius 2 is 0.830 bits per heavy atom. The highest BCUT2D eigenvalue weighted by atomic mass is 15.1. The van der Waals surface area contributed by atoms with Crippen LogP contribution in [0.3, 0.4) is 0 Å². The van der Waals surface area contributed by atoms with Gasteiger partial charge in [-0.05, 0) is 96.3 Å². The second-order valence-electron chi connectivity index (χ2n) is 11.2. The van der Waals surface area contributed by atoms with Gasteiger partial charge in [0.05, 0.1) is 23.5 Å². The Bertz CT molecular complexity index is 3240. The lowest BCUT2D eigenvalue weighted by atomic mass is 9.96. The lowest BCUT2D eigenvalue weighted by Gasteiger charge is -2.28. The fourth-order valence-electron chi connectivity index (χ4n) is 6.21. The first-order valence-electron chi connectivity index (χ1n) is 21.6. The van der Waals surface area contributed by atoms with Crippen LogP contribution in [-0.4, -0.2) is 0 Å². The molecule has 0 saturated heterocycles. The van der Waals surface area contributed by atoms with Crippen molar-refractivity contribution in [3.8, 4) is 22.3 Å². The molecule has 9 aromatic carbocycles. The van der Waals surface area contributed by atoms with Gasteiger partial charge >= 0.3 is 0 Å². The van der Waals surface area contributed by atoms with Crippen LogP contribution < -0.4 is 4.90 Å². The van der Waals surface area contributed by atoms with Gasteiger partial charge in [-0.3, -0.25) is 0 Å². The Kier molecular flexibility index (Phi) is 4.08. The van der Waals surface area contributed by atoms with Crippen LogP contribution in [-0.2, 0) is 0 Å². The molecule has 0 spiro atoms. The van der Waals surface area contributed by atoms with Crippen molar-refractivity contribution < 1.29 is 17.8 Å². The molecule has 47 heavy (non-hydrogen) atoms. The molecule has 0 saturated carbocycles. The first-order valence-corrected chi connectivity index (χ1v) is 15.1. The molecule has 9 rings (SSSR count). The van der Waals surface area contributed by atoms with Crippen LogP contribution in [0.1, 0.15) is 17.8 Å². The normalized spacial score (nSPS) is 15.3. The van der Waals surface area contributed by atoms with Crippen molar-refractivity contribution in [2.75, 3.05) is 4.90 Å². The van der Waals surface area contributed by atoms with E-state index in [1.54, 1.807) is 24.3 Å². The Morgan fingerprint density at radius 3 is 1.51 bits per heavy atom. The molecule has 0 aliphatic rings. The number of nitrogens with zero attached hydrogens (tertiary/aromatic N) is 1. The summed E-state index contributed by atoms with van der Waals surface area (Å²) >= 11 is 0. The smallest absolute Gasteiger partial charge is 0.0645 e. The fraction of sp³-hybridized carbons (Fsp3) is 0. The van der Waals surface area contributed by atoms with Crippen molar-refractivity contribution in [3.63, 3.8) is 0 Å². The van der Waals surface area contributed by atoms with Crippen molar-refractivity contribution in [1.29, 1.82) is 0 Å². The Morgan fingerprint density at radius 1 is 0.340 bits per heavy atom. The van der Waals surface area contributed by atoms with E-state index < -0.39 is 95.4 Å². The maximum Gasteiger partial charge on any atom is 0.0645 e. The SMILES string of the molecule is [2H]c1c([2H])c([2H])c(-c2c([2H])c([2H])c(N(c3c([2H])c([2H])c(-c4ccc5ccc6ccccc6c5c4)c([2H])c3[2H])c3cc4ccccc4c4ccccc34)c([2H])c2[2H])c([2H])c1[2H]. The van der Waals surface area contributed by atoms with Gasteiger partial charge in [0.2, 0.25) is 0 Å². The van der Waals surface area contributed by atoms with E-state index in [1.807, 2.05) is 84.9 Å². The van der Waals surface area contributed by atoms with Gasteiger partial charge in [0.15, 0.2) is 0 Å². The Hall–Kier alpha value is -6.18. The van der Waals surface area contributed by atoms with Gasteiger partial charge in [-0.1, -0.05) is 151 Å². The van der Waals surface area contributed by atoms with Crippen LogP contribution in [0.4, 0.5) is 17.1 Å². The summed E-state index contributed by atoms with van der Waals surface area (Å²) in [4.78, 5) is 1.24. The molecule has 0 radical (unpaired) electrons. The molecule has 0 unspecified atom stereocenters. The van der Waals surface area contributed by atoms with E-state index in [0.717, 1.165) is 32.3 Å². The van der Waals surface area contributed by atoms with Crippen LogP contribution in [0.5, 0.6) is 0 Å². The number of hydrogen-bond acceptors (Lipinski definition) is 1. The second-order valence-corrected chi connectivity index (χ2v) is 11.2. The zero-order valence-corrected chi connectivity index (χ0v) is 24.8. The highest BCUT2D eigenvalue weighted by Crippen LogP contribution is 2.43. The largest absolute Gasteiger partial charge is 0.310 e. The molecular weight excluding hydrogens is 567 g/mol. The van der Waals surface area contributed by atoms with Gasteiger partial charge < -0.3 is 4.90 Å². The van der Waals surface area contributed by atoms with Gasteiger partial charge in [-0.2, -0.15) is 0 Å². The first kappa shape index (κ1) is 16.9. The van der Waals surface area contributed by atoms with Crippen molar-refractivity contribution in [3.05, 3.63) is 188 Å². The van der Waals surface area contributed by atoms with Crippen LogP contribution in [0.2, 0.25) is 0 Å². The quantitative estimate of drug-likeness (QED) is 0.175. The zero-order chi connectivity index (χ0) is 42.5. The van der Waals surface area contributed by atoms with Gasteiger partial charge in [-0.25, -0.2) is 0 Å². The molecule has 0 atom stereocenters. The van der Waals surface area contributed by atoms with Gasteiger partial charge in [0.25, 0.3) is 0 Å². The van der Waals surface area contributed by atoms with E-state index >= 15 is 0 Å². The highest BCUT2D eigenvalue weighted by molar-refractivity contribution is 6.14. The predicted octanol–water partition coefficient (Wildman–Crippen LogP) is 13.1.